The van der Waals surface area contributed by atoms with Gasteiger partial charge in [0.2, 0.25) is 5.91 Å². The van der Waals surface area contributed by atoms with Crippen LogP contribution >= 0.6 is 0 Å². The third-order valence-electron chi connectivity index (χ3n) is 4.25. The lowest BCUT2D eigenvalue weighted by molar-refractivity contribution is -0.121. The zero-order valence-electron chi connectivity index (χ0n) is 14.9. The standard InChI is InChI=1S/C21H20FN3O2/c1-14-24-16(11-21(27)25-14)13-23-20(26)12-18(15-7-3-2-4-8-15)17-9-5-6-10-19(17)22/h2-11,18H,12-13H2,1H3,(H,23,26)(H,24,25,27)/t18-/m0/s1. The molecular weight excluding hydrogens is 345 g/mol. The van der Waals surface area contributed by atoms with Crippen molar-refractivity contribution in [3.63, 3.8) is 0 Å². The van der Waals surface area contributed by atoms with E-state index in [0.29, 0.717) is 17.1 Å². The smallest absolute Gasteiger partial charge is 0.251 e. The Labute approximate surface area is 156 Å². The highest BCUT2D eigenvalue weighted by molar-refractivity contribution is 5.77. The number of H-pyrrole nitrogens is 1. The van der Waals surface area contributed by atoms with E-state index < -0.39 is 5.92 Å². The monoisotopic (exact) mass is 365 g/mol. The molecule has 0 saturated carbocycles. The van der Waals surface area contributed by atoms with Crippen molar-refractivity contribution >= 4 is 5.91 Å². The van der Waals surface area contributed by atoms with Gasteiger partial charge in [0, 0.05) is 18.4 Å². The van der Waals surface area contributed by atoms with E-state index in [1.54, 1.807) is 25.1 Å². The number of aromatic amines is 1. The fourth-order valence-electron chi connectivity index (χ4n) is 3.03. The second kappa shape index (κ2) is 8.40. The zero-order chi connectivity index (χ0) is 19.2. The van der Waals surface area contributed by atoms with Crippen molar-refractivity contribution in [2.75, 3.05) is 0 Å². The number of aryl methyl sites for hydroxylation is 1. The average molecular weight is 365 g/mol. The van der Waals surface area contributed by atoms with E-state index >= 15 is 0 Å². The molecule has 1 aromatic heterocycles. The molecule has 0 saturated heterocycles. The Kier molecular flexibility index (Phi) is 5.76. The Bertz CT molecular complexity index is 986. The van der Waals surface area contributed by atoms with Crippen molar-refractivity contribution in [2.45, 2.75) is 25.8 Å². The van der Waals surface area contributed by atoms with Crippen LogP contribution in [0.3, 0.4) is 0 Å². The molecule has 1 amide bonds. The molecule has 2 aromatic carbocycles. The lowest BCUT2D eigenvalue weighted by atomic mass is 9.88. The van der Waals surface area contributed by atoms with Gasteiger partial charge in [-0.1, -0.05) is 48.5 Å². The fraction of sp³-hybridized carbons (Fsp3) is 0.190. The number of halogens is 1. The maximum absolute atomic E-state index is 14.3. The largest absolute Gasteiger partial charge is 0.350 e. The number of nitrogens with zero attached hydrogens (tertiary/aromatic N) is 1. The summed E-state index contributed by atoms with van der Waals surface area (Å²) in [5, 5.41) is 2.77. The molecule has 138 valence electrons. The minimum absolute atomic E-state index is 0.0904. The third-order valence-corrected chi connectivity index (χ3v) is 4.25. The van der Waals surface area contributed by atoms with Gasteiger partial charge in [-0.3, -0.25) is 9.59 Å². The first-order valence-corrected chi connectivity index (χ1v) is 8.66. The van der Waals surface area contributed by atoms with Crippen LogP contribution in [0.5, 0.6) is 0 Å². The lowest BCUT2D eigenvalue weighted by Crippen LogP contribution is -2.26. The predicted molar refractivity (Wildman–Crippen MR) is 101 cm³/mol. The molecule has 0 aliphatic carbocycles. The second-order valence-corrected chi connectivity index (χ2v) is 6.29. The van der Waals surface area contributed by atoms with Gasteiger partial charge in [0.05, 0.1) is 12.2 Å². The summed E-state index contributed by atoms with van der Waals surface area (Å²) in [5.41, 5.74) is 1.55. The van der Waals surface area contributed by atoms with Gasteiger partial charge in [0.25, 0.3) is 5.56 Å². The summed E-state index contributed by atoms with van der Waals surface area (Å²) >= 11 is 0. The third kappa shape index (κ3) is 4.88. The molecule has 3 rings (SSSR count). The van der Waals surface area contributed by atoms with Gasteiger partial charge < -0.3 is 10.3 Å². The van der Waals surface area contributed by atoms with Gasteiger partial charge in [0.1, 0.15) is 11.6 Å². The highest BCUT2D eigenvalue weighted by Crippen LogP contribution is 2.29. The average Bonchev–Trinajstić information content (AvgIpc) is 2.65. The number of hydrogen-bond donors (Lipinski definition) is 2. The van der Waals surface area contributed by atoms with Crippen LogP contribution in [0.25, 0.3) is 0 Å². The molecule has 1 atom stereocenters. The minimum atomic E-state index is -0.402. The highest BCUT2D eigenvalue weighted by atomic mass is 19.1. The van der Waals surface area contributed by atoms with Crippen molar-refractivity contribution in [2.24, 2.45) is 0 Å². The first-order chi connectivity index (χ1) is 13.0. The van der Waals surface area contributed by atoms with Crippen molar-refractivity contribution in [1.29, 1.82) is 0 Å². The van der Waals surface area contributed by atoms with Gasteiger partial charge >= 0.3 is 0 Å². The number of amides is 1. The van der Waals surface area contributed by atoms with E-state index in [1.165, 1.54) is 12.1 Å². The van der Waals surface area contributed by atoms with Gasteiger partial charge in [-0.15, -0.1) is 0 Å². The van der Waals surface area contributed by atoms with Crippen molar-refractivity contribution in [3.8, 4) is 0 Å². The van der Waals surface area contributed by atoms with Crippen molar-refractivity contribution in [3.05, 3.63) is 99.5 Å². The Hall–Kier alpha value is -3.28. The fourth-order valence-corrected chi connectivity index (χ4v) is 3.03. The molecule has 27 heavy (non-hydrogen) atoms. The summed E-state index contributed by atoms with van der Waals surface area (Å²) in [7, 11) is 0. The SMILES string of the molecule is Cc1nc(CNC(=O)C[C@@H](c2ccccc2)c2ccccc2F)cc(=O)[nH]1. The first kappa shape index (κ1) is 18.5. The number of hydrogen-bond acceptors (Lipinski definition) is 3. The van der Waals surface area contributed by atoms with Crippen LogP contribution in [-0.2, 0) is 11.3 Å². The van der Waals surface area contributed by atoms with Gasteiger partial charge in [-0.2, -0.15) is 0 Å². The van der Waals surface area contributed by atoms with Crippen LogP contribution in [-0.4, -0.2) is 15.9 Å². The van der Waals surface area contributed by atoms with Crippen molar-refractivity contribution < 1.29 is 9.18 Å². The van der Waals surface area contributed by atoms with E-state index in [4.69, 9.17) is 0 Å². The summed E-state index contributed by atoms with van der Waals surface area (Å²) in [5.74, 6) is -0.501. The molecule has 3 aromatic rings. The molecule has 0 aliphatic rings. The van der Waals surface area contributed by atoms with Gasteiger partial charge in [-0.05, 0) is 24.1 Å². The molecule has 0 bridgehead atoms. The molecule has 0 spiro atoms. The topological polar surface area (TPSA) is 74.8 Å². The normalized spacial score (nSPS) is 11.8. The minimum Gasteiger partial charge on any atom is -0.350 e. The number of aromatic nitrogens is 2. The molecule has 1 heterocycles. The lowest BCUT2D eigenvalue weighted by Gasteiger charge is -2.18. The molecule has 0 unspecified atom stereocenters. The maximum Gasteiger partial charge on any atom is 0.251 e. The van der Waals surface area contributed by atoms with E-state index in [-0.39, 0.29) is 30.2 Å². The van der Waals surface area contributed by atoms with E-state index in [0.717, 1.165) is 5.56 Å². The summed E-state index contributed by atoms with van der Waals surface area (Å²) in [6.45, 7) is 1.82. The Morgan fingerprint density at radius 2 is 1.85 bits per heavy atom. The molecule has 0 fully saturated rings. The zero-order valence-corrected chi connectivity index (χ0v) is 14.9. The molecule has 5 nitrogen and oxygen atoms in total. The summed E-state index contributed by atoms with van der Waals surface area (Å²) in [4.78, 5) is 30.7. The molecule has 0 radical (unpaired) electrons. The van der Waals surface area contributed by atoms with Crippen LogP contribution in [0.4, 0.5) is 4.39 Å². The Balaban J connectivity index is 1.77. The second-order valence-electron chi connectivity index (χ2n) is 6.29. The summed E-state index contributed by atoms with van der Waals surface area (Å²) in [6, 6.07) is 17.2. The van der Waals surface area contributed by atoms with Crippen LogP contribution in [0.1, 0.15) is 35.0 Å². The summed E-state index contributed by atoms with van der Waals surface area (Å²) in [6.07, 6.45) is 0.0904. The molecular formula is C21H20FN3O2. The van der Waals surface area contributed by atoms with E-state index in [2.05, 4.69) is 15.3 Å². The molecule has 0 aliphatic heterocycles. The molecule has 2 N–H and O–H groups in total. The molecule has 6 heteroatoms. The van der Waals surface area contributed by atoms with Crippen molar-refractivity contribution in [1.82, 2.24) is 15.3 Å². The number of benzene rings is 2. The Morgan fingerprint density at radius 3 is 2.56 bits per heavy atom. The van der Waals surface area contributed by atoms with E-state index in [1.807, 2.05) is 30.3 Å². The predicted octanol–water partition coefficient (Wildman–Crippen LogP) is 3.06. The quantitative estimate of drug-likeness (QED) is 0.705. The van der Waals surface area contributed by atoms with Gasteiger partial charge in [0.15, 0.2) is 0 Å². The van der Waals surface area contributed by atoms with Crippen LogP contribution in [0.15, 0.2) is 65.5 Å². The van der Waals surface area contributed by atoms with Crippen LogP contribution in [0.2, 0.25) is 0 Å². The number of carbonyl (C=O) groups excluding carboxylic acids is 1. The van der Waals surface area contributed by atoms with Crippen LogP contribution in [0, 0.1) is 12.7 Å². The maximum atomic E-state index is 14.3. The first-order valence-electron chi connectivity index (χ1n) is 8.66. The van der Waals surface area contributed by atoms with Crippen LogP contribution < -0.4 is 10.9 Å². The van der Waals surface area contributed by atoms with Gasteiger partial charge in [-0.25, -0.2) is 9.37 Å². The number of carbonyl (C=O) groups is 1. The highest BCUT2D eigenvalue weighted by Gasteiger charge is 2.21. The number of nitrogens with one attached hydrogen (secondary N) is 2. The number of rotatable bonds is 6. The summed E-state index contributed by atoms with van der Waals surface area (Å²) < 4.78 is 14.3. The Morgan fingerprint density at radius 1 is 1.15 bits per heavy atom. The van der Waals surface area contributed by atoms with E-state index in [9.17, 15) is 14.0 Å².